The Morgan fingerprint density at radius 1 is 1.00 bits per heavy atom. The van der Waals surface area contributed by atoms with Crippen molar-refractivity contribution in [1.29, 1.82) is 0 Å². The van der Waals surface area contributed by atoms with Crippen molar-refractivity contribution < 1.29 is 32.2 Å². The van der Waals surface area contributed by atoms with E-state index in [1.54, 1.807) is 42.5 Å². The monoisotopic (exact) mass is 552 g/mol. The van der Waals surface area contributed by atoms with Crippen molar-refractivity contribution in [2.75, 3.05) is 22.1 Å². The molecular formula is C29H24F4N4O3. The van der Waals surface area contributed by atoms with E-state index in [0.29, 0.717) is 29.2 Å². The lowest BCUT2D eigenvalue weighted by molar-refractivity contribution is -0.274. The van der Waals surface area contributed by atoms with Crippen LogP contribution in [-0.2, 0) is 5.41 Å². The van der Waals surface area contributed by atoms with Crippen molar-refractivity contribution >= 4 is 28.8 Å². The van der Waals surface area contributed by atoms with Gasteiger partial charge in [-0.3, -0.25) is 0 Å². The number of aromatic nitrogens is 1. The molecule has 5 rings (SSSR count). The number of nitrogens with one attached hydrogen (secondary N) is 2. The molecule has 0 spiro atoms. The van der Waals surface area contributed by atoms with Gasteiger partial charge in [-0.25, -0.2) is 9.78 Å². The van der Waals surface area contributed by atoms with Gasteiger partial charge in [0.2, 0.25) is 5.95 Å². The standard InChI is InChI=1S/C29H24F4N4O3/c1-28(2)16-37(26-23(38)13-12-20(25(26)28)17-7-14-24(30)34-15-17)22-6-4-3-5-21(22)36-27(39)35-18-8-10-19(11-9-18)40-29(31,32)33/h3-15,38H,16H2,1-2H3,(H2,35,36,39). The van der Waals surface area contributed by atoms with E-state index in [-0.39, 0.29) is 11.4 Å². The average molecular weight is 553 g/mol. The number of hydrogen-bond donors (Lipinski definition) is 3. The van der Waals surface area contributed by atoms with Gasteiger partial charge >= 0.3 is 12.4 Å². The second kappa shape index (κ2) is 10.1. The fourth-order valence-electron chi connectivity index (χ4n) is 4.91. The SMILES string of the molecule is CC1(C)CN(c2ccccc2NC(=O)Nc2ccc(OC(F)(F)F)cc2)c2c(O)ccc(-c3ccc(F)nc3)c21. The smallest absolute Gasteiger partial charge is 0.506 e. The van der Waals surface area contributed by atoms with Crippen LogP contribution < -0.4 is 20.3 Å². The molecule has 0 fully saturated rings. The van der Waals surface area contributed by atoms with E-state index in [4.69, 9.17) is 0 Å². The van der Waals surface area contributed by atoms with Crippen molar-refractivity contribution in [3.05, 3.63) is 90.5 Å². The molecule has 0 saturated carbocycles. The number of phenols is 1. The number of fused-ring (bicyclic) bond motifs is 1. The molecule has 2 heterocycles. The maximum atomic E-state index is 13.5. The molecule has 1 aliphatic heterocycles. The minimum absolute atomic E-state index is 0.0415. The lowest BCUT2D eigenvalue weighted by Gasteiger charge is -2.25. The number of nitrogens with zero attached hydrogens (tertiary/aromatic N) is 2. The number of amides is 2. The number of rotatable bonds is 5. The highest BCUT2D eigenvalue weighted by molar-refractivity contribution is 6.03. The van der Waals surface area contributed by atoms with E-state index < -0.39 is 29.5 Å². The molecular weight excluding hydrogens is 528 g/mol. The first-order valence-corrected chi connectivity index (χ1v) is 12.2. The molecule has 206 valence electrons. The zero-order valence-electron chi connectivity index (χ0n) is 21.4. The number of urea groups is 1. The van der Waals surface area contributed by atoms with Crippen LogP contribution >= 0.6 is 0 Å². The van der Waals surface area contributed by atoms with E-state index in [1.807, 2.05) is 18.7 Å². The Kier molecular flexibility index (Phi) is 6.74. The van der Waals surface area contributed by atoms with Gasteiger partial charge in [-0.15, -0.1) is 13.2 Å². The van der Waals surface area contributed by atoms with Crippen LogP contribution in [0.1, 0.15) is 19.4 Å². The molecule has 4 aromatic rings. The number of hydrogen-bond acceptors (Lipinski definition) is 5. The molecule has 1 aliphatic rings. The molecule has 40 heavy (non-hydrogen) atoms. The van der Waals surface area contributed by atoms with Crippen LogP contribution in [0.3, 0.4) is 0 Å². The van der Waals surface area contributed by atoms with E-state index >= 15 is 0 Å². The molecule has 3 aromatic carbocycles. The number of aromatic hydroxyl groups is 1. The zero-order chi connectivity index (χ0) is 28.7. The van der Waals surface area contributed by atoms with Gasteiger partial charge in [0.15, 0.2) is 0 Å². The predicted octanol–water partition coefficient (Wildman–Crippen LogP) is 7.57. The van der Waals surface area contributed by atoms with Gasteiger partial charge in [-0.2, -0.15) is 4.39 Å². The number of para-hydroxylation sites is 2. The summed E-state index contributed by atoms with van der Waals surface area (Å²) < 4.78 is 54.6. The Morgan fingerprint density at radius 3 is 2.40 bits per heavy atom. The quantitative estimate of drug-likeness (QED) is 0.176. The van der Waals surface area contributed by atoms with Crippen LogP contribution in [0.15, 0.2) is 79.0 Å². The molecule has 1 aromatic heterocycles. The second-order valence-electron chi connectivity index (χ2n) is 9.86. The Hall–Kier alpha value is -4.80. The van der Waals surface area contributed by atoms with Gasteiger partial charge in [0, 0.05) is 29.4 Å². The highest BCUT2D eigenvalue weighted by atomic mass is 19.4. The highest BCUT2D eigenvalue weighted by Gasteiger charge is 2.40. The summed E-state index contributed by atoms with van der Waals surface area (Å²) in [4.78, 5) is 18.5. The maximum absolute atomic E-state index is 13.5. The molecule has 11 heteroatoms. The number of phenolic OH excluding ortho intramolecular Hbond substituents is 1. The molecule has 0 radical (unpaired) electrons. The van der Waals surface area contributed by atoms with Crippen LogP contribution in [0.25, 0.3) is 11.1 Å². The van der Waals surface area contributed by atoms with E-state index in [1.165, 1.54) is 24.4 Å². The number of ether oxygens (including phenoxy) is 1. The summed E-state index contributed by atoms with van der Waals surface area (Å²) in [6.45, 7) is 4.52. The minimum Gasteiger partial charge on any atom is -0.506 e. The third kappa shape index (κ3) is 5.49. The van der Waals surface area contributed by atoms with Crippen LogP contribution in [0, 0.1) is 5.95 Å². The summed E-state index contributed by atoms with van der Waals surface area (Å²) in [6, 6.07) is 17.4. The normalized spacial score (nSPS) is 14.0. The van der Waals surface area contributed by atoms with Gasteiger partial charge in [-0.1, -0.05) is 32.0 Å². The fraction of sp³-hybridized carbons (Fsp3) is 0.172. The summed E-state index contributed by atoms with van der Waals surface area (Å²) in [7, 11) is 0. The van der Waals surface area contributed by atoms with E-state index in [2.05, 4.69) is 20.4 Å². The maximum Gasteiger partial charge on any atom is 0.573 e. The van der Waals surface area contributed by atoms with Gasteiger partial charge in [0.1, 0.15) is 11.5 Å². The first-order chi connectivity index (χ1) is 18.9. The number of anilines is 4. The van der Waals surface area contributed by atoms with Gasteiger partial charge in [0.25, 0.3) is 0 Å². The van der Waals surface area contributed by atoms with Crippen LogP contribution in [-0.4, -0.2) is 29.0 Å². The predicted molar refractivity (Wildman–Crippen MR) is 144 cm³/mol. The summed E-state index contributed by atoms with van der Waals surface area (Å²) in [5.41, 5.74) is 3.76. The molecule has 0 aliphatic carbocycles. The Bertz CT molecular complexity index is 1560. The molecule has 2 amide bonds. The minimum atomic E-state index is -4.82. The zero-order valence-corrected chi connectivity index (χ0v) is 21.4. The number of benzene rings is 3. The molecule has 0 atom stereocenters. The van der Waals surface area contributed by atoms with Crippen LogP contribution in [0.5, 0.6) is 11.5 Å². The summed E-state index contributed by atoms with van der Waals surface area (Å²) >= 11 is 0. The first kappa shape index (κ1) is 26.8. The Labute approximate surface area is 227 Å². The molecule has 0 saturated heterocycles. The number of alkyl halides is 3. The Morgan fingerprint density at radius 2 is 1.73 bits per heavy atom. The number of carbonyl (C=O) groups excluding carboxylic acids is 1. The molecule has 7 nitrogen and oxygen atoms in total. The number of halogens is 4. The summed E-state index contributed by atoms with van der Waals surface area (Å²) in [6.07, 6.45) is -3.37. The Balaban J connectivity index is 1.43. The molecule has 0 unspecified atom stereocenters. The highest BCUT2D eigenvalue weighted by Crippen LogP contribution is 2.53. The van der Waals surface area contributed by atoms with E-state index in [0.717, 1.165) is 23.3 Å². The third-order valence-electron chi connectivity index (χ3n) is 6.48. The first-order valence-electron chi connectivity index (χ1n) is 12.2. The van der Waals surface area contributed by atoms with Gasteiger partial charge in [-0.05, 0) is 65.7 Å². The van der Waals surface area contributed by atoms with Crippen molar-refractivity contribution in [1.82, 2.24) is 4.98 Å². The average Bonchev–Trinajstić information content (AvgIpc) is 3.17. The second-order valence-corrected chi connectivity index (χ2v) is 9.86. The van der Waals surface area contributed by atoms with Crippen molar-refractivity contribution in [2.45, 2.75) is 25.6 Å². The van der Waals surface area contributed by atoms with Crippen molar-refractivity contribution in [2.24, 2.45) is 0 Å². The lowest BCUT2D eigenvalue weighted by Crippen LogP contribution is -2.27. The third-order valence-corrected chi connectivity index (χ3v) is 6.48. The molecule has 3 N–H and O–H groups in total. The van der Waals surface area contributed by atoms with E-state index in [9.17, 15) is 27.5 Å². The lowest BCUT2D eigenvalue weighted by atomic mass is 9.82. The summed E-state index contributed by atoms with van der Waals surface area (Å²) in [5, 5.41) is 16.3. The van der Waals surface area contributed by atoms with Gasteiger partial charge < -0.3 is 25.4 Å². The molecule has 0 bridgehead atoms. The van der Waals surface area contributed by atoms with Gasteiger partial charge in [0.05, 0.1) is 17.1 Å². The number of pyridine rings is 1. The van der Waals surface area contributed by atoms with Crippen molar-refractivity contribution in [3.8, 4) is 22.6 Å². The largest absolute Gasteiger partial charge is 0.573 e. The van der Waals surface area contributed by atoms with Crippen LogP contribution in [0.2, 0.25) is 0 Å². The topological polar surface area (TPSA) is 86.7 Å². The van der Waals surface area contributed by atoms with Crippen molar-refractivity contribution in [3.63, 3.8) is 0 Å². The van der Waals surface area contributed by atoms with Crippen LogP contribution in [0.4, 0.5) is 45.1 Å². The fourth-order valence-corrected chi connectivity index (χ4v) is 4.91. The number of carbonyl (C=O) groups is 1. The summed E-state index contributed by atoms with van der Waals surface area (Å²) in [5.74, 6) is -0.960.